The number of nitrogens with zero attached hydrogens (tertiary/aromatic N) is 6. The SMILES string of the molecule is C=Cc1c(/C=C\C)nc(-c2ccc(-c3ccc(-c4nc(-c5ccc(C#N)cc5)nc(-c5cccc(-c6ccccc6)c5)n4)cc3)cc2)c2c1c1ccccc1n2-c1ccccc1. The maximum absolute atomic E-state index is 9.43. The van der Waals surface area contributed by atoms with Crippen molar-refractivity contribution in [1.82, 2.24) is 24.5 Å². The number of hydrogen-bond acceptors (Lipinski definition) is 5. The number of benzene rings is 7. The van der Waals surface area contributed by atoms with E-state index in [1.165, 1.54) is 0 Å². The van der Waals surface area contributed by atoms with Crippen molar-refractivity contribution in [1.29, 1.82) is 5.26 Å². The molecule has 3 aromatic heterocycles. The Balaban J connectivity index is 1.04. The molecule has 0 saturated heterocycles. The normalized spacial score (nSPS) is 11.3. The lowest BCUT2D eigenvalue weighted by Crippen LogP contribution is -2.00. The summed E-state index contributed by atoms with van der Waals surface area (Å²) >= 11 is 0. The predicted molar refractivity (Wildman–Crippen MR) is 254 cm³/mol. The zero-order valence-electron chi connectivity index (χ0n) is 33.9. The number of nitriles is 1. The first-order valence-corrected chi connectivity index (χ1v) is 20.5. The molecular weight excluding hydrogens is 757 g/mol. The number of hydrogen-bond donors (Lipinski definition) is 0. The Morgan fingerprint density at radius 1 is 0.516 bits per heavy atom. The van der Waals surface area contributed by atoms with Crippen LogP contribution in [0.15, 0.2) is 195 Å². The second-order valence-electron chi connectivity index (χ2n) is 15.0. The average Bonchev–Trinajstić information content (AvgIpc) is 3.69. The van der Waals surface area contributed by atoms with E-state index in [2.05, 4.69) is 145 Å². The van der Waals surface area contributed by atoms with Crippen LogP contribution in [-0.4, -0.2) is 24.5 Å². The van der Waals surface area contributed by atoms with Gasteiger partial charge in [0, 0.05) is 44.3 Å². The number of para-hydroxylation sites is 2. The summed E-state index contributed by atoms with van der Waals surface area (Å²) in [6.07, 6.45) is 6.02. The molecule has 10 aromatic rings. The van der Waals surface area contributed by atoms with Gasteiger partial charge in [0.25, 0.3) is 0 Å². The van der Waals surface area contributed by atoms with E-state index in [0.29, 0.717) is 23.0 Å². The van der Waals surface area contributed by atoms with Gasteiger partial charge in [-0.25, -0.2) is 19.9 Å². The van der Waals surface area contributed by atoms with Crippen LogP contribution < -0.4 is 0 Å². The smallest absolute Gasteiger partial charge is 0.164 e. The van der Waals surface area contributed by atoms with Crippen LogP contribution in [0.3, 0.4) is 0 Å². The van der Waals surface area contributed by atoms with Crippen LogP contribution in [0.4, 0.5) is 0 Å². The van der Waals surface area contributed by atoms with Crippen molar-refractivity contribution in [3.05, 3.63) is 211 Å². The van der Waals surface area contributed by atoms with Crippen molar-refractivity contribution in [3.63, 3.8) is 0 Å². The van der Waals surface area contributed by atoms with Gasteiger partial charge in [0.2, 0.25) is 0 Å². The fourth-order valence-electron chi connectivity index (χ4n) is 8.19. The van der Waals surface area contributed by atoms with E-state index in [1.54, 1.807) is 12.1 Å². The summed E-state index contributed by atoms with van der Waals surface area (Å²) in [5.74, 6) is 1.66. The lowest BCUT2D eigenvalue weighted by Gasteiger charge is -2.14. The van der Waals surface area contributed by atoms with E-state index in [9.17, 15) is 5.26 Å². The molecule has 0 radical (unpaired) electrons. The first-order chi connectivity index (χ1) is 30.6. The summed E-state index contributed by atoms with van der Waals surface area (Å²) in [7, 11) is 0. The highest BCUT2D eigenvalue weighted by Gasteiger charge is 2.22. The monoisotopic (exact) mass is 794 g/mol. The molecule has 0 bridgehead atoms. The number of aromatic nitrogens is 5. The first kappa shape index (κ1) is 37.7. The summed E-state index contributed by atoms with van der Waals surface area (Å²) in [5.41, 5.74) is 14.5. The molecule has 0 aliphatic carbocycles. The molecule has 6 heteroatoms. The highest BCUT2D eigenvalue weighted by Crippen LogP contribution is 2.41. The van der Waals surface area contributed by atoms with Gasteiger partial charge in [0.1, 0.15) is 0 Å². The molecule has 0 atom stereocenters. The van der Waals surface area contributed by atoms with Crippen molar-refractivity contribution >= 4 is 34.0 Å². The van der Waals surface area contributed by atoms with Crippen molar-refractivity contribution in [3.8, 4) is 79.4 Å². The number of pyridine rings is 1. The zero-order chi connectivity index (χ0) is 42.0. The fourth-order valence-corrected chi connectivity index (χ4v) is 8.19. The molecule has 7 aromatic carbocycles. The van der Waals surface area contributed by atoms with Gasteiger partial charge in [-0.05, 0) is 83.8 Å². The Hall–Kier alpha value is -8.53. The molecule has 0 unspecified atom stereocenters. The van der Waals surface area contributed by atoms with Gasteiger partial charge in [-0.15, -0.1) is 0 Å². The number of allylic oxidation sites excluding steroid dienone is 1. The third kappa shape index (κ3) is 6.94. The van der Waals surface area contributed by atoms with Gasteiger partial charge in [0.15, 0.2) is 17.5 Å². The zero-order valence-corrected chi connectivity index (χ0v) is 33.9. The van der Waals surface area contributed by atoms with Gasteiger partial charge in [-0.2, -0.15) is 5.26 Å². The third-order valence-corrected chi connectivity index (χ3v) is 11.2. The quantitative estimate of drug-likeness (QED) is 0.145. The minimum Gasteiger partial charge on any atom is -0.307 e. The Bertz CT molecular complexity index is 3340. The molecule has 0 amide bonds. The largest absolute Gasteiger partial charge is 0.307 e. The standard InChI is InChI=1S/C56H38N6/c1-3-14-49-47(4-2)51-48-21-11-12-22-50(48)62(46-19-9-6-10-20-46)53(51)52(58-49)41-31-27-39(28-32-41)40-29-33-43(34-30-40)55-59-54(42-25-23-37(36-57)24-26-42)60-56(61-55)45-18-13-17-44(35-45)38-15-7-5-8-16-38/h3-35H,2H2,1H3/b14-3-. The highest BCUT2D eigenvalue weighted by molar-refractivity contribution is 6.17. The molecule has 0 aliphatic rings. The molecule has 10 rings (SSSR count). The van der Waals surface area contributed by atoms with Crippen LogP contribution in [0.25, 0.3) is 107 Å². The maximum Gasteiger partial charge on any atom is 0.164 e. The Kier molecular flexibility index (Phi) is 9.89. The molecule has 62 heavy (non-hydrogen) atoms. The van der Waals surface area contributed by atoms with Crippen molar-refractivity contribution in [2.75, 3.05) is 0 Å². The predicted octanol–water partition coefficient (Wildman–Crippen LogP) is 13.9. The van der Waals surface area contributed by atoms with Gasteiger partial charge >= 0.3 is 0 Å². The minimum absolute atomic E-state index is 0.534. The van der Waals surface area contributed by atoms with Crippen LogP contribution in [-0.2, 0) is 0 Å². The van der Waals surface area contributed by atoms with Gasteiger partial charge in [-0.3, -0.25) is 0 Å². The molecule has 3 heterocycles. The summed E-state index contributed by atoms with van der Waals surface area (Å²) in [6.45, 7) is 6.26. The van der Waals surface area contributed by atoms with E-state index < -0.39 is 0 Å². The van der Waals surface area contributed by atoms with Crippen molar-refractivity contribution in [2.45, 2.75) is 6.92 Å². The summed E-state index contributed by atoms with van der Waals surface area (Å²) < 4.78 is 2.32. The van der Waals surface area contributed by atoms with E-state index in [-0.39, 0.29) is 0 Å². The second-order valence-corrected chi connectivity index (χ2v) is 15.0. The molecule has 0 N–H and O–H groups in total. The Morgan fingerprint density at radius 3 is 1.66 bits per heavy atom. The molecule has 0 saturated carbocycles. The fraction of sp³-hybridized carbons (Fsp3) is 0.0179. The Labute approximate surface area is 360 Å². The Morgan fingerprint density at radius 2 is 1.03 bits per heavy atom. The molecule has 6 nitrogen and oxygen atoms in total. The molecular formula is C56H38N6. The molecule has 0 aliphatic heterocycles. The first-order valence-electron chi connectivity index (χ1n) is 20.5. The minimum atomic E-state index is 0.534. The molecule has 0 fully saturated rings. The summed E-state index contributed by atoms with van der Waals surface area (Å²) in [4.78, 5) is 20.3. The van der Waals surface area contributed by atoms with Crippen molar-refractivity contribution in [2.24, 2.45) is 0 Å². The van der Waals surface area contributed by atoms with Gasteiger partial charge in [-0.1, -0.05) is 152 Å². The lowest BCUT2D eigenvalue weighted by molar-refractivity contribution is 1.07. The maximum atomic E-state index is 9.43. The number of fused-ring (bicyclic) bond motifs is 3. The van der Waals surface area contributed by atoms with E-state index in [0.717, 1.165) is 89.0 Å². The van der Waals surface area contributed by atoms with Crippen LogP contribution in [0.2, 0.25) is 0 Å². The van der Waals surface area contributed by atoms with Crippen LogP contribution in [0.1, 0.15) is 23.7 Å². The topological polar surface area (TPSA) is 80.3 Å². The highest BCUT2D eigenvalue weighted by atomic mass is 15.0. The van der Waals surface area contributed by atoms with Crippen LogP contribution >= 0.6 is 0 Å². The van der Waals surface area contributed by atoms with Crippen LogP contribution in [0, 0.1) is 11.3 Å². The van der Waals surface area contributed by atoms with E-state index >= 15 is 0 Å². The second kappa shape index (κ2) is 16.3. The van der Waals surface area contributed by atoms with E-state index in [1.807, 2.05) is 67.6 Å². The van der Waals surface area contributed by atoms with Gasteiger partial charge in [0.05, 0.1) is 34.1 Å². The van der Waals surface area contributed by atoms with Crippen LogP contribution in [0.5, 0.6) is 0 Å². The van der Waals surface area contributed by atoms with E-state index in [4.69, 9.17) is 19.9 Å². The number of rotatable bonds is 9. The van der Waals surface area contributed by atoms with Crippen molar-refractivity contribution < 1.29 is 0 Å². The average molecular weight is 795 g/mol. The molecule has 0 spiro atoms. The lowest BCUT2D eigenvalue weighted by atomic mass is 9.98. The molecule has 292 valence electrons. The third-order valence-electron chi connectivity index (χ3n) is 11.2. The summed E-state index contributed by atoms with van der Waals surface area (Å²) in [6, 6.07) is 64.1. The van der Waals surface area contributed by atoms with Gasteiger partial charge < -0.3 is 4.57 Å². The summed E-state index contributed by atoms with van der Waals surface area (Å²) in [5, 5.41) is 11.7.